The Kier molecular flexibility index (Phi) is 6.99. The van der Waals surface area contributed by atoms with Crippen LogP contribution in [0, 0.1) is 0 Å². The van der Waals surface area contributed by atoms with Crippen LogP contribution in [0.5, 0.6) is 0 Å². The molecule has 0 aliphatic heterocycles. The molecule has 158 valence electrons. The first-order valence-electron chi connectivity index (χ1n) is 11.2. The van der Waals surface area contributed by atoms with Crippen LogP contribution < -0.4 is 5.73 Å². The molecule has 2 N–H and O–H groups in total. The van der Waals surface area contributed by atoms with Gasteiger partial charge in [0.1, 0.15) is 0 Å². The lowest BCUT2D eigenvalue weighted by Gasteiger charge is -2.09. The summed E-state index contributed by atoms with van der Waals surface area (Å²) in [6.45, 7) is 2.18. The van der Waals surface area contributed by atoms with Gasteiger partial charge < -0.3 is 5.73 Å². The number of nitrogens with two attached hydrogens (primary N) is 1. The SMILES string of the molecule is CCc1ccc(-c2cccc(/C(N)=C/C(=C\Cc3ccccc3)c3ccccc3)c2)cc1. The summed E-state index contributed by atoms with van der Waals surface area (Å²) in [5.74, 6) is 0. The van der Waals surface area contributed by atoms with E-state index in [1.807, 2.05) is 12.1 Å². The Hall–Kier alpha value is -3.84. The van der Waals surface area contributed by atoms with Crippen LogP contribution in [0.15, 0.2) is 121 Å². The maximum absolute atomic E-state index is 6.62. The molecule has 0 unspecified atom stereocenters. The van der Waals surface area contributed by atoms with E-state index in [9.17, 15) is 0 Å². The van der Waals surface area contributed by atoms with Crippen molar-refractivity contribution in [3.63, 3.8) is 0 Å². The van der Waals surface area contributed by atoms with E-state index >= 15 is 0 Å². The van der Waals surface area contributed by atoms with Crippen molar-refractivity contribution in [1.29, 1.82) is 0 Å². The molecule has 0 aromatic heterocycles. The minimum Gasteiger partial charge on any atom is -0.398 e. The molecule has 0 aliphatic rings. The van der Waals surface area contributed by atoms with Gasteiger partial charge in [0.25, 0.3) is 0 Å². The highest BCUT2D eigenvalue weighted by Crippen LogP contribution is 2.25. The van der Waals surface area contributed by atoms with Gasteiger partial charge in [-0.2, -0.15) is 0 Å². The van der Waals surface area contributed by atoms with E-state index in [0.717, 1.165) is 35.2 Å². The molecule has 0 spiro atoms. The highest BCUT2D eigenvalue weighted by atomic mass is 14.6. The van der Waals surface area contributed by atoms with Crippen molar-refractivity contribution < 1.29 is 0 Å². The average Bonchev–Trinajstić information content (AvgIpc) is 2.87. The lowest BCUT2D eigenvalue weighted by molar-refractivity contribution is 1.14. The first-order valence-corrected chi connectivity index (χ1v) is 11.2. The van der Waals surface area contributed by atoms with Crippen molar-refractivity contribution in [3.05, 3.63) is 144 Å². The minimum absolute atomic E-state index is 0.764. The third kappa shape index (κ3) is 5.44. The molecule has 0 bridgehead atoms. The molecular weight excluding hydrogens is 386 g/mol. The van der Waals surface area contributed by atoms with Crippen LogP contribution >= 0.6 is 0 Å². The van der Waals surface area contributed by atoms with Crippen LogP contribution in [0.1, 0.15) is 29.2 Å². The number of aryl methyl sites for hydroxylation is 1. The van der Waals surface area contributed by atoms with E-state index in [-0.39, 0.29) is 0 Å². The third-order valence-corrected chi connectivity index (χ3v) is 5.71. The lowest BCUT2D eigenvalue weighted by Crippen LogP contribution is -1.98. The van der Waals surface area contributed by atoms with E-state index in [1.165, 1.54) is 22.3 Å². The lowest BCUT2D eigenvalue weighted by atomic mass is 9.97. The Balaban J connectivity index is 1.66. The van der Waals surface area contributed by atoms with Gasteiger partial charge in [-0.05, 0) is 63.9 Å². The fourth-order valence-electron chi connectivity index (χ4n) is 3.79. The Morgan fingerprint density at radius 1 is 0.656 bits per heavy atom. The molecular formula is C31H29N. The summed E-state index contributed by atoms with van der Waals surface area (Å²) in [5, 5.41) is 0. The summed E-state index contributed by atoms with van der Waals surface area (Å²) < 4.78 is 0. The summed E-state index contributed by atoms with van der Waals surface area (Å²) in [5.41, 5.74) is 15.7. The third-order valence-electron chi connectivity index (χ3n) is 5.71. The molecule has 0 saturated heterocycles. The molecule has 32 heavy (non-hydrogen) atoms. The van der Waals surface area contributed by atoms with Crippen molar-refractivity contribution in [3.8, 4) is 11.1 Å². The molecule has 4 aromatic rings. The Morgan fingerprint density at radius 3 is 2.00 bits per heavy atom. The minimum atomic E-state index is 0.764. The zero-order valence-corrected chi connectivity index (χ0v) is 18.5. The molecule has 0 atom stereocenters. The number of allylic oxidation sites excluding steroid dienone is 3. The molecule has 0 aliphatic carbocycles. The van der Waals surface area contributed by atoms with Crippen LogP contribution in [0.2, 0.25) is 0 Å². The van der Waals surface area contributed by atoms with E-state index in [4.69, 9.17) is 5.73 Å². The first-order chi connectivity index (χ1) is 15.7. The fraction of sp³-hybridized carbons (Fsp3) is 0.0968. The summed E-state index contributed by atoms with van der Waals surface area (Å²) in [7, 11) is 0. The monoisotopic (exact) mass is 415 g/mol. The number of rotatable bonds is 7. The molecule has 1 heteroatoms. The second-order valence-electron chi connectivity index (χ2n) is 7.95. The largest absolute Gasteiger partial charge is 0.398 e. The van der Waals surface area contributed by atoms with Crippen LogP contribution in [0.4, 0.5) is 0 Å². The second kappa shape index (κ2) is 10.5. The fourth-order valence-corrected chi connectivity index (χ4v) is 3.79. The van der Waals surface area contributed by atoms with Gasteiger partial charge >= 0.3 is 0 Å². The van der Waals surface area contributed by atoms with Gasteiger partial charge in [-0.25, -0.2) is 0 Å². The van der Waals surface area contributed by atoms with Gasteiger partial charge in [-0.1, -0.05) is 116 Å². The van der Waals surface area contributed by atoms with Gasteiger partial charge in [0.2, 0.25) is 0 Å². The van der Waals surface area contributed by atoms with Crippen molar-refractivity contribution >= 4 is 11.3 Å². The molecule has 4 rings (SSSR count). The number of benzene rings is 4. The summed E-state index contributed by atoms with van der Waals surface area (Å²) in [6.07, 6.45) is 6.26. The van der Waals surface area contributed by atoms with Crippen molar-refractivity contribution in [1.82, 2.24) is 0 Å². The van der Waals surface area contributed by atoms with Gasteiger partial charge in [-0.15, -0.1) is 0 Å². The van der Waals surface area contributed by atoms with Gasteiger partial charge in [-0.3, -0.25) is 0 Å². The van der Waals surface area contributed by atoms with Crippen LogP contribution in [0.3, 0.4) is 0 Å². The summed E-state index contributed by atoms with van der Waals surface area (Å²) in [6, 6.07) is 38.2. The van der Waals surface area contributed by atoms with Crippen molar-refractivity contribution in [2.75, 3.05) is 0 Å². The number of hydrogen-bond donors (Lipinski definition) is 1. The summed E-state index contributed by atoms with van der Waals surface area (Å²) in [4.78, 5) is 0. The van der Waals surface area contributed by atoms with Crippen LogP contribution in [0.25, 0.3) is 22.4 Å². The highest BCUT2D eigenvalue weighted by Gasteiger charge is 2.05. The van der Waals surface area contributed by atoms with E-state index in [2.05, 4.69) is 116 Å². The summed E-state index contributed by atoms with van der Waals surface area (Å²) >= 11 is 0. The molecule has 0 saturated carbocycles. The Morgan fingerprint density at radius 2 is 1.31 bits per heavy atom. The predicted octanol–water partition coefficient (Wildman–Crippen LogP) is 7.54. The van der Waals surface area contributed by atoms with E-state index in [0.29, 0.717) is 0 Å². The van der Waals surface area contributed by atoms with Gasteiger partial charge in [0, 0.05) is 5.70 Å². The standard InChI is InChI=1S/C31H29N/c1-2-24-16-19-27(20-17-24)28-14-9-15-30(22-28)31(32)23-29(26-12-7-4-8-13-26)21-18-25-10-5-3-6-11-25/h3-17,19-23H,2,18,32H2,1H3/b29-21+,31-23-. The molecule has 1 nitrogen and oxygen atoms in total. The number of hydrogen-bond acceptors (Lipinski definition) is 1. The van der Waals surface area contributed by atoms with E-state index < -0.39 is 0 Å². The Labute approximate surface area is 191 Å². The van der Waals surface area contributed by atoms with E-state index in [1.54, 1.807) is 0 Å². The Bertz CT molecular complexity index is 1200. The smallest absolute Gasteiger partial charge is 0.0393 e. The van der Waals surface area contributed by atoms with Gasteiger partial charge in [0.05, 0.1) is 0 Å². The maximum Gasteiger partial charge on any atom is 0.0393 e. The predicted molar refractivity (Wildman–Crippen MR) is 138 cm³/mol. The zero-order valence-electron chi connectivity index (χ0n) is 18.5. The van der Waals surface area contributed by atoms with Crippen LogP contribution in [-0.2, 0) is 12.8 Å². The second-order valence-corrected chi connectivity index (χ2v) is 7.95. The molecule has 4 aromatic carbocycles. The first kappa shape index (κ1) is 21.4. The molecule has 0 heterocycles. The van der Waals surface area contributed by atoms with Gasteiger partial charge in [0.15, 0.2) is 0 Å². The normalized spacial score (nSPS) is 12.0. The highest BCUT2D eigenvalue weighted by molar-refractivity contribution is 5.84. The maximum atomic E-state index is 6.62. The molecule has 0 fully saturated rings. The average molecular weight is 416 g/mol. The quantitative estimate of drug-likeness (QED) is 0.310. The topological polar surface area (TPSA) is 26.0 Å². The zero-order chi connectivity index (χ0) is 22.2. The molecule has 0 amide bonds. The van der Waals surface area contributed by atoms with Crippen molar-refractivity contribution in [2.45, 2.75) is 19.8 Å². The van der Waals surface area contributed by atoms with Crippen molar-refractivity contribution in [2.24, 2.45) is 5.73 Å². The van der Waals surface area contributed by atoms with Crippen LogP contribution in [-0.4, -0.2) is 0 Å². The molecule has 0 radical (unpaired) electrons.